The SMILES string of the molecule is CC(=Nc1ccccc1-c1ccccc1)c1c(CSc2ccc(Cl)cc2)[nH]n(-c2nc3ccccc3s2)c1=O. The lowest BCUT2D eigenvalue weighted by Crippen LogP contribution is -2.19. The zero-order valence-electron chi connectivity index (χ0n) is 21.0. The molecule has 2 heterocycles. The van der Waals surface area contributed by atoms with Gasteiger partial charge in [0.1, 0.15) is 0 Å². The van der Waals surface area contributed by atoms with Crippen LogP contribution in [0.2, 0.25) is 5.02 Å². The van der Waals surface area contributed by atoms with Gasteiger partial charge in [-0.3, -0.25) is 14.9 Å². The van der Waals surface area contributed by atoms with Gasteiger partial charge in [0, 0.05) is 21.2 Å². The van der Waals surface area contributed by atoms with Crippen molar-refractivity contribution in [2.45, 2.75) is 17.6 Å². The molecule has 0 spiro atoms. The molecule has 39 heavy (non-hydrogen) atoms. The molecule has 8 heteroatoms. The fourth-order valence-corrected chi connectivity index (χ4v) is 6.31. The molecule has 0 radical (unpaired) electrons. The first-order valence-corrected chi connectivity index (χ1v) is 14.5. The van der Waals surface area contributed by atoms with E-state index in [1.807, 2.05) is 91.9 Å². The number of thiazole rings is 1. The van der Waals surface area contributed by atoms with Crippen LogP contribution in [0.1, 0.15) is 18.2 Å². The van der Waals surface area contributed by atoms with Crippen LogP contribution in [0, 0.1) is 0 Å². The van der Waals surface area contributed by atoms with Crippen molar-refractivity contribution in [3.05, 3.63) is 130 Å². The molecule has 0 aliphatic heterocycles. The van der Waals surface area contributed by atoms with E-state index in [1.54, 1.807) is 16.4 Å². The highest BCUT2D eigenvalue weighted by Gasteiger charge is 2.20. The average Bonchev–Trinajstić information content (AvgIpc) is 3.54. The molecule has 0 bridgehead atoms. The Bertz CT molecular complexity index is 1820. The van der Waals surface area contributed by atoms with Crippen LogP contribution in [0.4, 0.5) is 5.69 Å². The molecule has 4 aromatic carbocycles. The predicted octanol–water partition coefficient (Wildman–Crippen LogP) is 8.53. The second-order valence-electron chi connectivity index (χ2n) is 8.89. The van der Waals surface area contributed by atoms with Crippen molar-refractivity contribution in [1.29, 1.82) is 0 Å². The van der Waals surface area contributed by atoms with Crippen LogP contribution in [0.15, 0.2) is 118 Å². The Labute approximate surface area is 238 Å². The summed E-state index contributed by atoms with van der Waals surface area (Å²) in [5, 5.41) is 4.64. The van der Waals surface area contributed by atoms with E-state index in [9.17, 15) is 4.79 Å². The summed E-state index contributed by atoms with van der Waals surface area (Å²) >= 11 is 9.18. The molecule has 0 saturated carbocycles. The van der Waals surface area contributed by atoms with E-state index < -0.39 is 0 Å². The quantitative estimate of drug-likeness (QED) is 0.155. The number of aliphatic imine (C=N–C) groups is 1. The number of hydrogen-bond acceptors (Lipinski definition) is 5. The molecule has 1 N–H and O–H groups in total. The van der Waals surface area contributed by atoms with Crippen LogP contribution in [0.25, 0.3) is 26.5 Å². The molecule has 2 aromatic heterocycles. The van der Waals surface area contributed by atoms with E-state index >= 15 is 0 Å². The monoisotopic (exact) mass is 566 g/mol. The molecule has 0 aliphatic carbocycles. The van der Waals surface area contributed by atoms with Gasteiger partial charge in [0.05, 0.1) is 32.9 Å². The highest BCUT2D eigenvalue weighted by molar-refractivity contribution is 7.98. The van der Waals surface area contributed by atoms with Gasteiger partial charge in [-0.1, -0.05) is 83.6 Å². The smallest absolute Gasteiger partial charge is 0.282 e. The number of rotatable bonds is 7. The van der Waals surface area contributed by atoms with Gasteiger partial charge >= 0.3 is 0 Å². The van der Waals surface area contributed by atoms with Crippen LogP contribution < -0.4 is 5.56 Å². The first-order valence-electron chi connectivity index (χ1n) is 12.3. The van der Waals surface area contributed by atoms with Gasteiger partial charge in [-0.05, 0) is 55.0 Å². The van der Waals surface area contributed by atoms with Gasteiger partial charge in [0.2, 0.25) is 5.13 Å². The van der Waals surface area contributed by atoms with Crippen LogP contribution in [-0.2, 0) is 5.75 Å². The Kier molecular flexibility index (Phi) is 7.20. The number of aromatic nitrogens is 3. The Hall–Kier alpha value is -3.91. The number of aromatic amines is 1. The van der Waals surface area contributed by atoms with Gasteiger partial charge in [0.15, 0.2) is 0 Å². The number of nitrogens with zero attached hydrogens (tertiary/aromatic N) is 3. The normalized spacial score (nSPS) is 11.8. The highest BCUT2D eigenvalue weighted by Crippen LogP contribution is 2.31. The molecule has 6 aromatic rings. The summed E-state index contributed by atoms with van der Waals surface area (Å²) in [7, 11) is 0. The summed E-state index contributed by atoms with van der Waals surface area (Å²) in [6, 6.07) is 33.7. The summed E-state index contributed by atoms with van der Waals surface area (Å²) in [5.41, 5.74) is 5.58. The van der Waals surface area contributed by atoms with Gasteiger partial charge in [-0.15, -0.1) is 11.8 Å². The standard InChI is InChI=1S/C31H23ClN4OS2/c1-20(33-25-12-6-5-11-24(25)21-9-3-2-4-10-21)29-27(19-38-23-17-15-22(32)16-18-23)35-36(30(29)37)31-34-26-13-7-8-14-28(26)39-31/h2-18,35H,19H2,1H3. The molecule has 5 nitrogen and oxygen atoms in total. The Morgan fingerprint density at radius 2 is 1.67 bits per heavy atom. The summed E-state index contributed by atoms with van der Waals surface area (Å²) < 4.78 is 2.56. The van der Waals surface area contributed by atoms with E-state index in [0.717, 1.165) is 37.6 Å². The second-order valence-corrected chi connectivity index (χ2v) is 11.4. The van der Waals surface area contributed by atoms with Crippen LogP contribution >= 0.6 is 34.7 Å². The fraction of sp³-hybridized carbons (Fsp3) is 0.0645. The number of halogens is 1. The number of benzene rings is 4. The first kappa shape index (κ1) is 25.4. The van der Waals surface area contributed by atoms with E-state index in [1.165, 1.54) is 11.3 Å². The lowest BCUT2D eigenvalue weighted by Gasteiger charge is -2.08. The Balaban J connectivity index is 1.44. The van der Waals surface area contributed by atoms with Crippen molar-refractivity contribution >= 4 is 56.3 Å². The maximum absolute atomic E-state index is 13.9. The van der Waals surface area contributed by atoms with Crippen LogP contribution in [0.5, 0.6) is 0 Å². The molecule has 0 fully saturated rings. The molecule has 0 atom stereocenters. The summed E-state index contributed by atoms with van der Waals surface area (Å²) in [4.78, 5) is 24.7. The van der Waals surface area contributed by atoms with Crippen molar-refractivity contribution in [2.24, 2.45) is 4.99 Å². The topological polar surface area (TPSA) is 63.0 Å². The Morgan fingerprint density at radius 1 is 0.949 bits per heavy atom. The zero-order valence-corrected chi connectivity index (χ0v) is 23.4. The zero-order chi connectivity index (χ0) is 26.8. The lowest BCUT2D eigenvalue weighted by atomic mass is 10.0. The maximum Gasteiger partial charge on any atom is 0.282 e. The van der Waals surface area contributed by atoms with E-state index in [0.29, 0.717) is 27.2 Å². The van der Waals surface area contributed by atoms with Crippen molar-refractivity contribution < 1.29 is 0 Å². The third-order valence-electron chi connectivity index (χ3n) is 6.27. The fourth-order valence-electron chi connectivity index (χ4n) is 4.41. The number of H-pyrrole nitrogens is 1. The van der Waals surface area contributed by atoms with E-state index in [2.05, 4.69) is 23.3 Å². The third-order valence-corrected chi connectivity index (χ3v) is 8.59. The summed E-state index contributed by atoms with van der Waals surface area (Å²) in [6.07, 6.45) is 0. The summed E-state index contributed by atoms with van der Waals surface area (Å²) in [6.45, 7) is 1.89. The molecule has 0 unspecified atom stereocenters. The Morgan fingerprint density at radius 3 is 2.46 bits per heavy atom. The number of nitrogens with one attached hydrogen (secondary N) is 1. The lowest BCUT2D eigenvalue weighted by molar-refractivity contribution is 0.827. The van der Waals surface area contributed by atoms with Crippen LogP contribution in [0.3, 0.4) is 0 Å². The molecular weight excluding hydrogens is 544 g/mol. The molecule has 0 amide bonds. The van der Waals surface area contributed by atoms with Gasteiger partial charge in [-0.25, -0.2) is 4.98 Å². The maximum atomic E-state index is 13.9. The number of hydrogen-bond donors (Lipinski definition) is 1. The first-order chi connectivity index (χ1) is 19.1. The predicted molar refractivity (Wildman–Crippen MR) is 164 cm³/mol. The van der Waals surface area contributed by atoms with Crippen LogP contribution in [-0.4, -0.2) is 20.5 Å². The average molecular weight is 567 g/mol. The van der Waals surface area contributed by atoms with Gasteiger partial charge < -0.3 is 0 Å². The number of fused-ring (bicyclic) bond motifs is 1. The minimum absolute atomic E-state index is 0.167. The van der Waals surface area contributed by atoms with Crippen molar-refractivity contribution in [1.82, 2.24) is 14.8 Å². The number of para-hydroxylation sites is 2. The largest absolute Gasteiger partial charge is 0.291 e. The molecular formula is C31H23ClN4OS2. The molecule has 192 valence electrons. The van der Waals surface area contributed by atoms with E-state index in [-0.39, 0.29) is 5.56 Å². The van der Waals surface area contributed by atoms with Gasteiger partial charge in [-0.2, -0.15) is 4.68 Å². The van der Waals surface area contributed by atoms with Gasteiger partial charge in [0.25, 0.3) is 5.56 Å². The van der Waals surface area contributed by atoms with E-state index in [4.69, 9.17) is 21.6 Å². The molecule has 0 aliphatic rings. The second kappa shape index (κ2) is 11.1. The van der Waals surface area contributed by atoms with Crippen molar-refractivity contribution in [3.63, 3.8) is 0 Å². The summed E-state index contributed by atoms with van der Waals surface area (Å²) in [5.74, 6) is 0.553. The molecule has 6 rings (SSSR count). The highest BCUT2D eigenvalue weighted by atomic mass is 35.5. The third kappa shape index (κ3) is 5.34. The minimum Gasteiger partial charge on any atom is -0.291 e. The number of thioether (sulfide) groups is 1. The molecule has 0 saturated heterocycles. The minimum atomic E-state index is -0.167. The van der Waals surface area contributed by atoms with Crippen molar-refractivity contribution in [2.75, 3.05) is 0 Å². The van der Waals surface area contributed by atoms with Crippen molar-refractivity contribution in [3.8, 4) is 16.3 Å².